The largest absolute Gasteiger partial charge is 0.0616 e. The summed E-state index contributed by atoms with van der Waals surface area (Å²) in [6.45, 7) is 0. The monoisotopic (exact) mass is 516 g/mol. The van der Waals surface area contributed by atoms with Gasteiger partial charge in [-0.25, -0.2) is 0 Å². The van der Waals surface area contributed by atoms with E-state index in [1.807, 2.05) is 24.3 Å². The second-order valence-electron chi connectivity index (χ2n) is 4.35. The Kier molecular flexibility index (Phi) is 4.37. The van der Waals surface area contributed by atoms with Gasteiger partial charge in [-0.15, -0.1) is 0 Å². The van der Waals surface area contributed by atoms with Crippen molar-refractivity contribution in [3.63, 3.8) is 0 Å². The van der Waals surface area contributed by atoms with E-state index in [2.05, 4.69) is 88.0 Å². The van der Waals surface area contributed by atoms with E-state index < -0.39 is 0 Å². The van der Waals surface area contributed by atoms with Crippen LogP contribution in [0.2, 0.25) is 0 Å². The zero-order valence-electron chi connectivity index (χ0n) is 10.1. The third-order valence-electron chi connectivity index (χ3n) is 3.19. The van der Waals surface area contributed by atoms with Crippen LogP contribution in [-0.4, -0.2) is 0 Å². The Hall–Kier alpha value is -0.160. The van der Waals surface area contributed by atoms with Gasteiger partial charge < -0.3 is 0 Å². The summed E-state index contributed by atoms with van der Waals surface area (Å²) in [5.74, 6) is 0. The number of rotatable bonds is 0. The predicted octanol–water partition coefficient (Wildman–Crippen LogP) is 7.23. The highest BCUT2D eigenvalue weighted by Crippen LogP contribution is 2.47. The fourth-order valence-electron chi connectivity index (χ4n) is 2.20. The lowest BCUT2D eigenvalue weighted by Crippen LogP contribution is -1.96. The van der Waals surface area contributed by atoms with Gasteiger partial charge in [0.2, 0.25) is 0 Å². The fraction of sp³-hybridized carbons (Fsp3) is 0. The molecule has 0 nitrogen and oxygen atoms in total. The first kappa shape index (κ1) is 14.8. The summed E-state index contributed by atoms with van der Waals surface area (Å²) >= 11 is 14.9. The molecule has 2 aromatic rings. The van der Waals surface area contributed by atoms with E-state index in [0.29, 0.717) is 0 Å². The molecule has 1 aliphatic rings. The number of fused-ring (bicyclic) bond motifs is 2. The van der Waals surface area contributed by atoms with Crippen LogP contribution in [0.1, 0.15) is 22.3 Å². The topological polar surface area (TPSA) is 0 Å². The van der Waals surface area contributed by atoms with Crippen molar-refractivity contribution < 1.29 is 0 Å². The molecule has 0 radical (unpaired) electrons. The van der Waals surface area contributed by atoms with Crippen molar-refractivity contribution in [2.24, 2.45) is 0 Å². The minimum absolute atomic E-state index is 1.05. The van der Waals surface area contributed by atoms with E-state index in [0.717, 1.165) is 40.2 Å². The van der Waals surface area contributed by atoms with E-state index in [1.165, 1.54) is 0 Å². The Morgan fingerprint density at radius 2 is 0.600 bits per heavy atom. The van der Waals surface area contributed by atoms with Gasteiger partial charge >= 0.3 is 0 Å². The van der Waals surface area contributed by atoms with Gasteiger partial charge in [-0.2, -0.15) is 0 Å². The molecule has 3 rings (SSSR count). The standard InChI is InChI=1S/C16H8Br4/c17-13-9-5-1-2-6-10(9)14(18)16(20)12-8-4-3-7-11(12)15(13)19/h1-8H. The summed E-state index contributed by atoms with van der Waals surface area (Å²) in [5.41, 5.74) is 4.60. The zero-order valence-corrected chi connectivity index (χ0v) is 16.5. The molecule has 0 N–H and O–H groups in total. The Morgan fingerprint density at radius 1 is 0.400 bits per heavy atom. The predicted molar refractivity (Wildman–Crippen MR) is 102 cm³/mol. The van der Waals surface area contributed by atoms with Gasteiger partial charge in [-0.3, -0.25) is 0 Å². The molecule has 100 valence electrons. The smallest absolute Gasteiger partial charge is 0.0402 e. The van der Waals surface area contributed by atoms with Gasteiger partial charge in [-0.1, -0.05) is 48.5 Å². The maximum Gasteiger partial charge on any atom is 0.0402 e. The Labute approximate surface area is 151 Å². The first-order valence-corrected chi connectivity index (χ1v) is 9.08. The minimum Gasteiger partial charge on any atom is -0.0616 e. The third-order valence-corrected chi connectivity index (χ3v) is 7.54. The average Bonchev–Trinajstić information content (AvgIpc) is 2.51. The highest BCUT2D eigenvalue weighted by molar-refractivity contribution is 9.18. The summed E-state index contributed by atoms with van der Waals surface area (Å²) in [6.07, 6.45) is 0. The highest BCUT2D eigenvalue weighted by Gasteiger charge is 2.20. The second kappa shape index (κ2) is 5.91. The Balaban J connectivity index is 2.45. The van der Waals surface area contributed by atoms with Gasteiger partial charge in [-0.05, 0) is 86.0 Å². The van der Waals surface area contributed by atoms with Crippen LogP contribution < -0.4 is 0 Å². The van der Waals surface area contributed by atoms with E-state index in [4.69, 9.17) is 0 Å². The molecule has 4 heteroatoms. The molecule has 0 unspecified atom stereocenters. The van der Waals surface area contributed by atoms with Crippen LogP contribution in [0, 0.1) is 0 Å². The molecule has 20 heavy (non-hydrogen) atoms. The molecule has 0 amide bonds. The fourth-order valence-corrected chi connectivity index (χ4v) is 4.44. The van der Waals surface area contributed by atoms with Crippen molar-refractivity contribution in [2.75, 3.05) is 0 Å². The van der Waals surface area contributed by atoms with Crippen LogP contribution in [0.3, 0.4) is 0 Å². The van der Waals surface area contributed by atoms with Gasteiger partial charge in [0.05, 0.1) is 0 Å². The van der Waals surface area contributed by atoms with E-state index in [1.54, 1.807) is 0 Å². The summed E-state index contributed by atoms with van der Waals surface area (Å²) in [5, 5.41) is 0. The molecule has 0 bridgehead atoms. The molecular formula is C16H8Br4. The van der Waals surface area contributed by atoms with Crippen LogP contribution in [0.25, 0.3) is 17.9 Å². The average molecular weight is 520 g/mol. The molecule has 0 fully saturated rings. The van der Waals surface area contributed by atoms with Crippen molar-refractivity contribution >= 4 is 81.6 Å². The number of hydrogen-bond acceptors (Lipinski definition) is 0. The number of hydrogen-bond donors (Lipinski definition) is 0. The molecule has 0 spiro atoms. The summed E-state index contributed by atoms with van der Waals surface area (Å²) in [4.78, 5) is 0. The van der Waals surface area contributed by atoms with Crippen LogP contribution in [0.4, 0.5) is 0 Å². The molecule has 2 aromatic carbocycles. The van der Waals surface area contributed by atoms with Crippen molar-refractivity contribution in [3.05, 3.63) is 70.8 Å². The summed E-state index contributed by atoms with van der Waals surface area (Å²) < 4.78 is 4.21. The third kappa shape index (κ3) is 2.41. The summed E-state index contributed by atoms with van der Waals surface area (Å²) in [6, 6.07) is 16.6. The second-order valence-corrected chi connectivity index (χ2v) is 7.52. The molecule has 0 heterocycles. The highest BCUT2D eigenvalue weighted by atomic mass is 79.9. The molecule has 0 saturated carbocycles. The van der Waals surface area contributed by atoms with Crippen LogP contribution in [0.15, 0.2) is 48.5 Å². The van der Waals surface area contributed by atoms with Crippen molar-refractivity contribution in [1.29, 1.82) is 0 Å². The maximum absolute atomic E-state index is 3.73. The first-order chi connectivity index (χ1) is 9.61. The SMILES string of the molecule is BrC1=C(Br)c2ccccc2C(Br)=C(Br)c2ccccc21. The lowest BCUT2D eigenvalue weighted by Gasteiger charge is -2.18. The molecule has 0 aliphatic heterocycles. The molecule has 0 saturated heterocycles. The number of benzene rings is 2. The minimum atomic E-state index is 1.05. The van der Waals surface area contributed by atoms with Gasteiger partial charge in [0.1, 0.15) is 0 Å². The summed E-state index contributed by atoms with van der Waals surface area (Å²) in [7, 11) is 0. The lowest BCUT2D eigenvalue weighted by atomic mass is 9.98. The maximum atomic E-state index is 3.73. The van der Waals surface area contributed by atoms with Crippen LogP contribution in [-0.2, 0) is 0 Å². The van der Waals surface area contributed by atoms with Crippen molar-refractivity contribution in [2.45, 2.75) is 0 Å². The molecular weight excluding hydrogens is 512 g/mol. The van der Waals surface area contributed by atoms with Crippen LogP contribution in [0.5, 0.6) is 0 Å². The molecule has 1 aliphatic carbocycles. The molecule has 0 atom stereocenters. The number of halogens is 4. The van der Waals surface area contributed by atoms with E-state index in [9.17, 15) is 0 Å². The van der Waals surface area contributed by atoms with Crippen molar-refractivity contribution in [1.82, 2.24) is 0 Å². The van der Waals surface area contributed by atoms with Crippen LogP contribution >= 0.6 is 63.7 Å². The van der Waals surface area contributed by atoms with Gasteiger partial charge in [0.25, 0.3) is 0 Å². The van der Waals surface area contributed by atoms with Gasteiger partial charge in [0, 0.05) is 17.9 Å². The quantitative estimate of drug-likeness (QED) is 0.344. The Bertz CT molecular complexity index is 629. The first-order valence-electron chi connectivity index (χ1n) is 5.91. The van der Waals surface area contributed by atoms with Gasteiger partial charge in [0.15, 0.2) is 0 Å². The normalized spacial score (nSPS) is 14.6. The van der Waals surface area contributed by atoms with E-state index >= 15 is 0 Å². The van der Waals surface area contributed by atoms with Crippen molar-refractivity contribution in [3.8, 4) is 0 Å². The van der Waals surface area contributed by atoms with E-state index in [-0.39, 0.29) is 0 Å². The Morgan fingerprint density at radius 3 is 0.800 bits per heavy atom. The lowest BCUT2D eigenvalue weighted by molar-refractivity contribution is 1.56. The zero-order chi connectivity index (χ0) is 14.3. The molecule has 0 aromatic heterocycles.